The molecular formula is C37H70NO10P. The van der Waals surface area contributed by atoms with Crippen LogP contribution in [0.25, 0.3) is 0 Å². The number of carbonyl (C=O) groups is 3. The van der Waals surface area contributed by atoms with Crippen molar-refractivity contribution in [3.8, 4) is 0 Å². The fourth-order valence-corrected chi connectivity index (χ4v) is 5.94. The summed E-state index contributed by atoms with van der Waals surface area (Å²) >= 11 is 0. The number of carbonyl (C=O) groups excluding carboxylic acids is 2. The summed E-state index contributed by atoms with van der Waals surface area (Å²) in [6.07, 6.45) is 30.0. The standard InChI is InChI=1S/C37H70NO10P/c1-3-5-7-9-11-13-15-16-17-19-20-22-24-26-28-35(39)45-30-33(31-46-49(43,44)47-32-34(38)37(41)42)48-36(40)29-27-25-23-21-18-14-12-10-8-6-4-2/h10,12,33-34H,3-9,11,13-32,38H2,1-2H3,(H,41,42)(H,43,44)/b12-10-/t33-,34+/m1/s1. The quantitative estimate of drug-likeness (QED) is 0.0244. The van der Waals surface area contributed by atoms with Gasteiger partial charge in [-0.15, -0.1) is 0 Å². The molecule has 1 unspecified atom stereocenters. The fourth-order valence-electron chi connectivity index (χ4n) is 5.16. The normalized spacial score (nSPS) is 14.0. The summed E-state index contributed by atoms with van der Waals surface area (Å²) in [6, 6.07) is -1.52. The molecule has 0 saturated carbocycles. The van der Waals surface area contributed by atoms with Crippen molar-refractivity contribution in [2.75, 3.05) is 19.8 Å². The molecule has 0 aromatic carbocycles. The van der Waals surface area contributed by atoms with Crippen LogP contribution < -0.4 is 5.73 Å². The Kier molecular flexibility index (Phi) is 32.2. The summed E-state index contributed by atoms with van der Waals surface area (Å²) in [5.41, 5.74) is 5.31. The minimum absolute atomic E-state index is 0.154. The number of rotatable bonds is 36. The third-order valence-electron chi connectivity index (χ3n) is 8.26. The number of carboxylic acid groups (broad SMARTS) is 1. The van der Waals surface area contributed by atoms with Crippen molar-refractivity contribution in [1.82, 2.24) is 0 Å². The summed E-state index contributed by atoms with van der Waals surface area (Å²) in [7, 11) is -4.70. The van der Waals surface area contributed by atoms with E-state index in [2.05, 4.69) is 30.5 Å². The predicted molar refractivity (Wildman–Crippen MR) is 194 cm³/mol. The number of esters is 2. The Morgan fingerprint density at radius 3 is 1.55 bits per heavy atom. The molecule has 0 heterocycles. The van der Waals surface area contributed by atoms with E-state index in [9.17, 15) is 23.8 Å². The second-order valence-electron chi connectivity index (χ2n) is 13.1. The first kappa shape index (κ1) is 47.2. The van der Waals surface area contributed by atoms with Crippen LogP contribution in [0.3, 0.4) is 0 Å². The Labute approximate surface area is 297 Å². The van der Waals surface area contributed by atoms with E-state index in [1.54, 1.807) is 0 Å². The molecule has 3 atom stereocenters. The molecule has 0 radical (unpaired) electrons. The van der Waals surface area contributed by atoms with Crippen LogP contribution in [0.4, 0.5) is 0 Å². The number of hydrogen-bond acceptors (Lipinski definition) is 9. The maximum absolute atomic E-state index is 12.5. The van der Waals surface area contributed by atoms with Gasteiger partial charge in [0.25, 0.3) is 0 Å². The highest BCUT2D eigenvalue weighted by Crippen LogP contribution is 2.43. The molecule has 4 N–H and O–H groups in total. The highest BCUT2D eigenvalue weighted by molar-refractivity contribution is 7.47. The maximum atomic E-state index is 12.5. The van der Waals surface area contributed by atoms with Crippen LogP contribution in [0.2, 0.25) is 0 Å². The molecule has 0 aliphatic rings. The molecular weight excluding hydrogens is 649 g/mol. The van der Waals surface area contributed by atoms with Crippen LogP contribution in [0.15, 0.2) is 12.2 Å². The smallest absolute Gasteiger partial charge is 0.472 e. The van der Waals surface area contributed by atoms with E-state index < -0.39 is 51.1 Å². The van der Waals surface area contributed by atoms with Crippen molar-refractivity contribution in [3.05, 3.63) is 12.2 Å². The number of unbranched alkanes of at least 4 members (excludes halogenated alkanes) is 20. The maximum Gasteiger partial charge on any atom is 0.472 e. The Balaban J connectivity index is 4.41. The van der Waals surface area contributed by atoms with Gasteiger partial charge >= 0.3 is 25.7 Å². The Morgan fingerprint density at radius 1 is 0.612 bits per heavy atom. The lowest BCUT2D eigenvalue weighted by atomic mass is 10.0. The van der Waals surface area contributed by atoms with Crippen LogP contribution in [-0.2, 0) is 37.5 Å². The van der Waals surface area contributed by atoms with E-state index in [0.717, 1.165) is 57.8 Å². The number of phosphoric acid groups is 1. The van der Waals surface area contributed by atoms with Gasteiger partial charge in [-0.2, -0.15) is 0 Å². The number of hydrogen-bond donors (Lipinski definition) is 3. The van der Waals surface area contributed by atoms with Gasteiger partial charge in [-0.25, -0.2) is 4.57 Å². The molecule has 0 aromatic heterocycles. The average Bonchev–Trinajstić information content (AvgIpc) is 3.07. The zero-order valence-electron chi connectivity index (χ0n) is 30.8. The molecule has 12 heteroatoms. The van der Waals surface area contributed by atoms with Crippen molar-refractivity contribution in [2.45, 2.75) is 187 Å². The van der Waals surface area contributed by atoms with Crippen LogP contribution in [0.5, 0.6) is 0 Å². The van der Waals surface area contributed by atoms with Crippen molar-refractivity contribution in [2.24, 2.45) is 5.73 Å². The highest BCUT2D eigenvalue weighted by atomic mass is 31.2. The summed E-state index contributed by atoms with van der Waals surface area (Å²) in [4.78, 5) is 45.7. The van der Waals surface area contributed by atoms with Gasteiger partial charge in [-0.05, 0) is 32.1 Å². The molecule has 0 bridgehead atoms. The number of nitrogens with two attached hydrogens (primary N) is 1. The zero-order chi connectivity index (χ0) is 36.4. The second kappa shape index (κ2) is 33.4. The number of carboxylic acids is 1. The van der Waals surface area contributed by atoms with Gasteiger partial charge in [0.15, 0.2) is 6.10 Å². The zero-order valence-corrected chi connectivity index (χ0v) is 31.7. The molecule has 0 rings (SSSR count). The lowest BCUT2D eigenvalue weighted by Crippen LogP contribution is -2.34. The largest absolute Gasteiger partial charge is 0.480 e. The van der Waals surface area contributed by atoms with E-state index in [1.807, 2.05) is 0 Å². The van der Waals surface area contributed by atoms with Crippen molar-refractivity contribution >= 4 is 25.7 Å². The molecule has 288 valence electrons. The summed E-state index contributed by atoms with van der Waals surface area (Å²) in [5.74, 6) is -2.38. The minimum atomic E-state index is -4.70. The molecule has 49 heavy (non-hydrogen) atoms. The molecule has 0 aliphatic carbocycles. The van der Waals surface area contributed by atoms with Gasteiger partial charge < -0.3 is 25.2 Å². The van der Waals surface area contributed by atoms with Crippen LogP contribution in [0.1, 0.15) is 174 Å². The third-order valence-corrected chi connectivity index (χ3v) is 9.21. The Bertz CT molecular complexity index is 900. The van der Waals surface area contributed by atoms with E-state index in [1.165, 1.54) is 77.0 Å². The molecule has 0 fully saturated rings. The van der Waals surface area contributed by atoms with Gasteiger partial charge in [0.2, 0.25) is 0 Å². The Morgan fingerprint density at radius 2 is 1.04 bits per heavy atom. The lowest BCUT2D eigenvalue weighted by molar-refractivity contribution is -0.161. The lowest BCUT2D eigenvalue weighted by Gasteiger charge is -2.20. The van der Waals surface area contributed by atoms with Crippen LogP contribution >= 0.6 is 7.82 Å². The molecule has 0 aliphatic heterocycles. The van der Waals surface area contributed by atoms with Gasteiger partial charge in [0, 0.05) is 12.8 Å². The van der Waals surface area contributed by atoms with Gasteiger partial charge in [-0.3, -0.25) is 23.4 Å². The summed E-state index contributed by atoms with van der Waals surface area (Å²) in [6.45, 7) is 2.74. The first-order chi connectivity index (χ1) is 23.6. The van der Waals surface area contributed by atoms with Gasteiger partial charge in [-0.1, -0.05) is 142 Å². The molecule has 0 amide bonds. The van der Waals surface area contributed by atoms with E-state index in [4.69, 9.17) is 24.8 Å². The SMILES string of the molecule is CCCC/C=C\CCCCCCCC(=O)O[C@H](COC(=O)CCCCCCCCCCCCCCCC)COP(=O)(O)OC[C@H](N)C(=O)O. The first-order valence-electron chi connectivity index (χ1n) is 19.2. The predicted octanol–water partition coefficient (Wildman–Crippen LogP) is 9.34. The third kappa shape index (κ3) is 33.1. The molecule has 0 spiro atoms. The first-order valence-corrected chi connectivity index (χ1v) is 20.7. The summed E-state index contributed by atoms with van der Waals surface area (Å²) in [5, 5.41) is 8.85. The molecule has 0 saturated heterocycles. The fraction of sp³-hybridized carbons (Fsp3) is 0.865. The monoisotopic (exact) mass is 719 g/mol. The van der Waals surface area contributed by atoms with E-state index in [-0.39, 0.29) is 19.4 Å². The van der Waals surface area contributed by atoms with Crippen molar-refractivity contribution < 1.29 is 47.5 Å². The Hall–Kier alpha value is -1.78. The topological polar surface area (TPSA) is 172 Å². The van der Waals surface area contributed by atoms with E-state index in [0.29, 0.717) is 12.8 Å². The van der Waals surface area contributed by atoms with Gasteiger partial charge in [0.1, 0.15) is 12.6 Å². The second-order valence-corrected chi connectivity index (χ2v) is 14.5. The number of allylic oxidation sites excluding steroid dienone is 2. The van der Waals surface area contributed by atoms with Crippen LogP contribution in [-0.4, -0.2) is 59.9 Å². The van der Waals surface area contributed by atoms with Crippen LogP contribution in [0, 0.1) is 0 Å². The molecule has 11 nitrogen and oxygen atoms in total. The molecule has 0 aromatic rings. The number of phosphoric ester groups is 1. The van der Waals surface area contributed by atoms with Gasteiger partial charge in [0.05, 0.1) is 13.2 Å². The van der Waals surface area contributed by atoms with Crippen molar-refractivity contribution in [1.29, 1.82) is 0 Å². The average molecular weight is 720 g/mol. The van der Waals surface area contributed by atoms with E-state index >= 15 is 0 Å². The summed E-state index contributed by atoms with van der Waals surface area (Å²) < 4.78 is 32.5. The minimum Gasteiger partial charge on any atom is -0.480 e. The van der Waals surface area contributed by atoms with Crippen molar-refractivity contribution in [3.63, 3.8) is 0 Å². The highest BCUT2D eigenvalue weighted by Gasteiger charge is 2.28. The number of ether oxygens (including phenoxy) is 2. The number of aliphatic carboxylic acids is 1.